The van der Waals surface area contributed by atoms with Gasteiger partial charge in [-0.1, -0.05) is 38.1 Å². The number of aliphatic carboxylic acids is 1. The van der Waals surface area contributed by atoms with Crippen LogP contribution in [0.3, 0.4) is 0 Å². The van der Waals surface area contributed by atoms with Crippen LogP contribution in [-0.4, -0.2) is 21.8 Å². The lowest BCUT2D eigenvalue weighted by atomic mass is 9.93. The molecule has 0 aliphatic heterocycles. The number of carbonyl (C=O) groups is 1. The molecule has 0 saturated carbocycles. The van der Waals surface area contributed by atoms with E-state index in [9.17, 15) is 9.90 Å². The molecule has 3 nitrogen and oxygen atoms in total. The van der Waals surface area contributed by atoms with Crippen LogP contribution in [0, 0.1) is 0 Å². The van der Waals surface area contributed by atoms with Crippen LogP contribution < -0.4 is 0 Å². The fraction of sp³-hybridized carbons (Fsp3) is 0.533. The van der Waals surface area contributed by atoms with Crippen molar-refractivity contribution in [3.05, 3.63) is 35.4 Å². The molecular formula is C15H22O3. The first-order chi connectivity index (χ1) is 8.30. The topological polar surface area (TPSA) is 57.5 Å². The fourth-order valence-corrected chi connectivity index (χ4v) is 1.90. The molecule has 1 atom stereocenters. The second-order valence-corrected chi connectivity index (χ2v) is 5.46. The highest BCUT2D eigenvalue weighted by Gasteiger charge is 2.23. The molecule has 0 bridgehead atoms. The molecule has 0 heterocycles. The molecule has 2 N–H and O–H groups in total. The van der Waals surface area contributed by atoms with E-state index in [2.05, 4.69) is 26.0 Å². The maximum absolute atomic E-state index is 10.6. The lowest BCUT2D eigenvalue weighted by molar-refractivity contribution is -0.142. The summed E-state index contributed by atoms with van der Waals surface area (Å²) in [5.74, 6) is -0.454. The Morgan fingerprint density at radius 2 is 1.83 bits per heavy atom. The van der Waals surface area contributed by atoms with Crippen molar-refractivity contribution in [3.63, 3.8) is 0 Å². The lowest BCUT2D eigenvalue weighted by Crippen LogP contribution is -2.28. The Balaban J connectivity index is 2.55. The minimum atomic E-state index is -1.14. The summed E-state index contributed by atoms with van der Waals surface area (Å²) >= 11 is 0. The number of hydrogen-bond acceptors (Lipinski definition) is 2. The first-order valence-electron chi connectivity index (χ1n) is 6.33. The van der Waals surface area contributed by atoms with Gasteiger partial charge in [-0.2, -0.15) is 0 Å². The van der Waals surface area contributed by atoms with Crippen molar-refractivity contribution in [2.24, 2.45) is 0 Å². The van der Waals surface area contributed by atoms with Gasteiger partial charge in [0.15, 0.2) is 0 Å². The van der Waals surface area contributed by atoms with Gasteiger partial charge in [-0.3, -0.25) is 4.79 Å². The van der Waals surface area contributed by atoms with Gasteiger partial charge in [-0.05, 0) is 36.8 Å². The van der Waals surface area contributed by atoms with Crippen molar-refractivity contribution in [1.29, 1.82) is 0 Å². The zero-order valence-corrected chi connectivity index (χ0v) is 11.3. The van der Waals surface area contributed by atoms with Gasteiger partial charge in [-0.25, -0.2) is 0 Å². The number of aliphatic hydroxyl groups is 1. The SMILES string of the molecule is CC(C)c1ccc(CCC(C)(O)CC(=O)O)cc1. The molecule has 0 aliphatic carbocycles. The highest BCUT2D eigenvalue weighted by atomic mass is 16.4. The Morgan fingerprint density at radius 3 is 2.28 bits per heavy atom. The molecule has 0 aromatic heterocycles. The molecule has 1 unspecified atom stereocenters. The summed E-state index contributed by atoms with van der Waals surface area (Å²) in [4.78, 5) is 10.6. The maximum Gasteiger partial charge on any atom is 0.306 e. The van der Waals surface area contributed by atoms with Crippen molar-refractivity contribution < 1.29 is 15.0 Å². The van der Waals surface area contributed by atoms with Crippen LogP contribution in [0.4, 0.5) is 0 Å². The monoisotopic (exact) mass is 250 g/mol. The van der Waals surface area contributed by atoms with Crippen molar-refractivity contribution in [2.45, 2.75) is 51.6 Å². The third-order valence-corrected chi connectivity index (χ3v) is 3.13. The molecule has 1 aromatic carbocycles. The van der Waals surface area contributed by atoms with Crippen molar-refractivity contribution in [2.75, 3.05) is 0 Å². The first kappa shape index (κ1) is 14.7. The van der Waals surface area contributed by atoms with Gasteiger partial charge in [-0.15, -0.1) is 0 Å². The molecule has 0 aliphatic rings. The summed E-state index contributed by atoms with van der Waals surface area (Å²) in [6.07, 6.45) is 0.941. The van der Waals surface area contributed by atoms with Gasteiger partial charge in [0.1, 0.15) is 0 Å². The number of rotatable bonds is 6. The van der Waals surface area contributed by atoms with E-state index >= 15 is 0 Å². The van der Waals surface area contributed by atoms with Gasteiger partial charge >= 0.3 is 5.97 Å². The third kappa shape index (κ3) is 4.88. The van der Waals surface area contributed by atoms with Crippen LogP contribution in [-0.2, 0) is 11.2 Å². The fourth-order valence-electron chi connectivity index (χ4n) is 1.90. The quantitative estimate of drug-likeness (QED) is 0.816. The van der Waals surface area contributed by atoms with Gasteiger partial charge in [0.05, 0.1) is 12.0 Å². The van der Waals surface area contributed by atoms with Crippen molar-refractivity contribution in [3.8, 4) is 0 Å². The van der Waals surface area contributed by atoms with Gasteiger partial charge in [0.25, 0.3) is 0 Å². The van der Waals surface area contributed by atoms with E-state index in [0.29, 0.717) is 18.8 Å². The second kappa shape index (κ2) is 6.01. The predicted molar refractivity (Wildman–Crippen MR) is 71.7 cm³/mol. The number of benzene rings is 1. The average molecular weight is 250 g/mol. The van der Waals surface area contributed by atoms with Crippen LogP contribution in [0.15, 0.2) is 24.3 Å². The molecule has 100 valence electrons. The highest BCUT2D eigenvalue weighted by molar-refractivity contribution is 5.68. The molecule has 3 heteroatoms. The van der Waals surface area contributed by atoms with E-state index in [1.165, 1.54) is 5.56 Å². The van der Waals surface area contributed by atoms with E-state index in [0.717, 1.165) is 5.56 Å². The number of hydrogen-bond donors (Lipinski definition) is 2. The van der Waals surface area contributed by atoms with Gasteiger partial charge in [0.2, 0.25) is 0 Å². The minimum Gasteiger partial charge on any atom is -0.481 e. The normalized spacial score (nSPS) is 14.5. The number of aryl methyl sites for hydroxylation is 1. The summed E-state index contributed by atoms with van der Waals surface area (Å²) in [6.45, 7) is 5.86. The van der Waals surface area contributed by atoms with E-state index in [1.807, 2.05) is 12.1 Å². The maximum atomic E-state index is 10.6. The minimum absolute atomic E-state index is 0.211. The Labute approximate surface area is 108 Å². The molecule has 1 aromatic rings. The molecular weight excluding hydrogens is 228 g/mol. The van der Waals surface area contributed by atoms with Crippen LogP contribution in [0.25, 0.3) is 0 Å². The zero-order valence-electron chi connectivity index (χ0n) is 11.3. The standard InChI is InChI=1S/C15H22O3/c1-11(2)13-6-4-12(5-7-13)8-9-15(3,18)10-14(16)17/h4-7,11,18H,8-10H2,1-3H3,(H,16,17). The molecule has 18 heavy (non-hydrogen) atoms. The predicted octanol–water partition coefficient (Wildman–Crippen LogP) is 2.97. The Bertz CT molecular complexity index is 391. The average Bonchev–Trinajstić information content (AvgIpc) is 2.25. The Hall–Kier alpha value is -1.35. The van der Waals surface area contributed by atoms with E-state index in [1.54, 1.807) is 6.92 Å². The van der Waals surface area contributed by atoms with Crippen LogP contribution in [0.5, 0.6) is 0 Å². The van der Waals surface area contributed by atoms with Crippen LogP contribution >= 0.6 is 0 Å². The number of carboxylic acid groups (broad SMARTS) is 1. The lowest BCUT2D eigenvalue weighted by Gasteiger charge is -2.21. The molecule has 1 rings (SSSR count). The molecule has 0 saturated heterocycles. The molecule has 0 spiro atoms. The van der Waals surface area contributed by atoms with Crippen molar-refractivity contribution in [1.82, 2.24) is 0 Å². The van der Waals surface area contributed by atoms with Crippen LogP contribution in [0.1, 0.15) is 50.7 Å². The summed E-state index contributed by atoms with van der Waals surface area (Å²) in [5.41, 5.74) is 1.28. The Kier molecular flexibility index (Phi) is 4.91. The summed E-state index contributed by atoms with van der Waals surface area (Å²) in [6, 6.07) is 8.27. The summed E-state index contributed by atoms with van der Waals surface area (Å²) in [7, 11) is 0. The highest BCUT2D eigenvalue weighted by Crippen LogP contribution is 2.20. The zero-order chi connectivity index (χ0) is 13.8. The van der Waals surface area contributed by atoms with Crippen LogP contribution in [0.2, 0.25) is 0 Å². The molecule has 0 fully saturated rings. The van der Waals surface area contributed by atoms with E-state index in [-0.39, 0.29) is 6.42 Å². The molecule has 0 amide bonds. The van der Waals surface area contributed by atoms with Gasteiger partial charge in [0, 0.05) is 0 Å². The summed E-state index contributed by atoms with van der Waals surface area (Å²) in [5, 5.41) is 18.6. The number of carboxylic acids is 1. The molecule has 0 radical (unpaired) electrons. The first-order valence-corrected chi connectivity index (χ1v) is 6.33. The summed E-state index contributed by atoms with van der Waals surface area (Å²) < 4.78 is 0. The van der Waals surface area contributed by atoms with Crippen molar-refractivity contribution >= 4 is 5.97 Å². The Morgan fingerprint density at radius 1 is 1.28 bits per heavy atom. The third-order valence-electron chi connectivity index (χ3n) is 3.13. The second-order valence-electron chi connectivity index (χ2n) is 5.46. The largest absolute Gasteiger partial charge is 0.481 e. The smallest absolute Gasteiger partial charge is 0.306 e. The van der Waals surface area contributed by atoms with E-state index < -0.39 is 11.6 Å². The van der Waals surface area contributed by atoms with E-state index in [4.69, 9.17) is 5.11 Å². The van der Waals surface area contributed by atoms with Gasteiger partial charge < -0.3 is 10.2 Å².